The van der Waals surface area contributed by atoms with E-state index in [2.05, 4.69) is 4.98 Å². The van der Waals surface area contributed by atoms with Crippen LogP contribution in [0.15, 0.2) is 17.1 Å². The molecule has 4 atom stereocenters. The minimum absolute atomic E-state index is 0. The van der Waals surface area contributed by atoms with Gasteiger partial charge in [-0.25, -0.2) is 4.79 Å². The summed E-state index contributed by atoms with van der Waals surface area (Å²) >= 11 is 0. The summed E-state index contributed by atoms with van der Waals surface area (Å²) in [5.41, 5.74) is 4.63. The quantitative estimate of drug-likeness (QED) is 0.398. The fourth-order valence-corrected chi connectivity index (χ4v) is 1.73. The fourth-order valence-electron chi connectivity index (χ4n) is 1.73. The first-order chi connectivity index (χ1) is 8.04. The van der Waals surface area contributed by atoms with Crippen molar-refractivity contribution in [2.45, 2.75) is 24.5 Å². The third-order valence-corrected chi connectivity index (χ3v) is 2.64. The van der Waals surface area contributed by atoms with Gasteiger partial charge >= 0.3 is 57.1 Å². The molecule has 5 N–H and O–H groups in total. The predicted octanol–water partition coefficient (Wildman–Crippen LogP) is -5.56. The number of rotatable bonds is 2. The average molecular weight is 282 g/mol. The van der Waals surface area contributed by atoms with Crippen molar-refractivity contribution in [2.24, 2.45) is 0 Å². The smallest absolute Gasteiger partial charge is 0.394 e. The van der Waals surface area contributed by atoms with Crippen LogP contribution in [0, 0.1) is 0 Å². The molecule has 1 aromatic rings. The maximum Gasteiger partial charge on any atom is 1.00 e. The topological polar surface area (TPSA) is 131 Å². The van der Waals surface area contributed by atoms with Crippen LogP contribution in [0.1, 0.15) is 6.23 Å². The van der Waals surface area contributed by atoms with Crippen LogP contribution in [-0.4, -0.2) is 49.8 Å². The standard InChI is InChI=1S/C9H13N3O5.K/c10-5-1-2-12(9(16)11-5)8-7(15)6(14)4(3-13)17-8;/h1-2,4,6-8,13-15H,3H2,(H2,10,11,16);/q;+1/t4-,6-,7-,8-;/m1./s1. The summed E-state index contributed by atoms with van der Waals surface area (Å²) in [4.78, 5) is 15.0. The number of nitrogen functional groups attached to an aromatic ring is 1. The Kier molecular flexibility index (Phi) is 5.90. The molecule has 0 aliphatic carbocycles. The molecular weight excluding hydrogens is 269 g/mol. The molecule has 0 unspecified atom stereocenters. The number of aromatic nitrogens is 2. The Morgan fingerprint density at radius 1 is 1.44 bits per heavy atom. The summed E-state index contributed by atoms with van der Waals surface area (Å²) in [6, 6.07) is 1.37. The molecular formula is C9H13KN3O5+. The maximum absolute atomic E-state index is 11.5. The van der Waals surface area contributed by atoms with E-state index in [-0.39, 0.29) is 57.2 Å². The molecule has 1 fully saturated rings. The molecule has 0 aromatic carbocycles. The van der Waals surface area contributed by atoms with Gasteiger partial charge < -0.3 is 25.8 Å². The largest absolute Gasteiger partial charge is 1.00 e. The summed E-state index contributed by atoms with van der Waals surface area (Å²) in [7, 11) is 0. The van der Waals surface area contributed by atoms with Crippen LogP contribution in [0.2, 0.25) is 0 Å². The van der Waals surface area contributed by atoms with Gasteiger partial charge in [0.1, 0.15) is 24.1 Å². The molecule has 1 aliphatic heterocycles. The van der Waals surface area contributed by atoms with Crippen LogP contribution in [-0.2, 0) is 4.74 Å². The van der Waals surface area contributed by atoms with Gasteiger partial charge in [0.15, 0.2) is 6.23 Å². The Bertz CT molecular complexity index is 468. The monoisotopic (exact) mass is 282 g/mol. The van der Waals surface area contributed by atoms with E-state index in [1.807, 2.05) is 0 Å². The molecule has 8 nitrogen and oxygen atoms in total. The van der Waals surface area contributed by atoms with Gasteiger partial charge in [0.05, 0.1) is 6.61 Å². The number of anilines is 1. The van der Waals surface area contributed by atoms with Crippen molar-refractivity contribution in [3.8, 4) is 0 Å². The molecule has 2 heterocycles. The summed E-state index contributed by atoms with van der Waals surface area (Å²) in [5, 5.41) is 28.2. The van der Waals surface area contributed by atoms with E-state index >= 15 is 0 Å². The minimum Gasteiger partial charge on any atom is -0.394 e. The first-order valence-electron chi connectivity index (χ1n) is 5.01. The van der Waals surface area contributed by atoms with E-state index in [0.717, 1.165) is 4.57 Å². The van der Waals surface area contributed by atoms with Gasteiger partial charge in [0.25, 0.3) is 0 Å². The minimum atomic E-state index is -1.31. The number of nitrogens with two attached hydrogens (primary N) is 1. The first-order valence-corrected chi connectivity index (χ1v) is 5.01. The zero-order valence-electron chi connectivity index (χ0n) is 9.80. The van der Waals surface area contributed by atoms with Crippen molar-refractivity contribution in [1.82, 2.24) is 9.55 Å². The van der Waals surface area contributed by atoms with Gasteiger partial charge in [-0.2, -0.15) is 4.98 Å². The Morgan fingerprint density at radius 2 is 2.11 bits per heavy atom. The second kappa shape index (κ2) is 6.55. The van der Waals surface area contributed by atoms with Gasteiger partial charge in [-0.3, -0.25) is 4.57 Å². The maximum atomic E-state index is 11.5. The second-order valence-electron chi connectivity index (χ2n) is 3.77. The van der Waals surface area contributed by atoms with Crippen LogP contribution in [0.4, 0.5) is 5.82 Å². The van der Waals surface area contributed by atoms with Crippen LogP contribution in [0.25, 0.3) is 0 Å². The molecule has 0 amide bonds. The molecule has 1 saturated heterocycles. The molecule has 1 aromatic heterocycles. The van der Waals surface area contributed by atoms with E-state index in [1.165, 1.54) is 12.3 Å². The molecule has 0 bridgehead atoms. The van der Waals surface area contributed by atoms with E-state index in [4.69, 9.17) is 15.6 Å². The summed E-state index contributed by atoms with van der Waals surface area (Å²) in [6.45, 7) is -0.453. The Labute approximate surface area is 145 Å². The van der Waals surface area contributed by atoms with E-state index in [0.29, 0.717) is 0 Å². The number of ether oxygens (including phenoxy) is 1. The van der Waals surface area contributed by atoms with Crippen molar-refractivity contribution in [3.05, 3.63) is 22.7 Å². The van der Waals surface area contributed by atoms with Gasteiger partial charge in [-0.1, -0.05) is 0 Å². The third-order valence-electron chi connectivity index (χ3n) is 2.64. The molecule has 0 spiro atoms. The van der Waals surface area contributed by atoms with Gasteiger partial charge in [0.2, 0.25) is 0 Å². The number of hydrogen-bond acceptors (Lipinski definition) is 7. The summed E-state index contributed by atoms with van der Waals surface area (Å²) in [6.07, 6.45) is -3.27. The van der Waals surface area contributed by atoms with Crippen molar-refractivity contribution in [1.29, 1.82) is 0 Å². The Hall–Kier alpha value is 0.156. The predicted molar refractivity (Wildman–Crippen MR) is 55.9 cm³/mol. The number of hydrogen-bond donors (Lipinski definition) is 4. The van der Waals surface area contributed by atoms with Crippen molar-refractivity contribution in [3.63, 3.8) is 0 Å². The third kappa shape index (κ3) is 3.00. The first kappa shape index (κ1) is 16.2. The van der Waals surface area contributed by atoms with Crippen LogP contribution in [0.5, 0.6) is 0 Å². The van der Waals surface area contributed by atoms with Gasteiger partial charge in [-0.15, -0.1) is 0 Å². The average Bonchev–Trinajstić information content (AvgIpc) is 2.57. The van der Waals surface area contributed by atoms with Crippen LogP contribution >= 0.6 is 0 Å². The number of aliphatic hydroxyl groups is 3. The van der Waals surface area contributed by atoms with E-state index in [1.54, 1.807) is 0 Å². The van der Waals surface area contributed by atoms with Crippen LogP contribution < -0.4 is 62.8 Å². The van der Waals surface area contributed by atoms with E-state index in [9.17, 15) is 15.0 Å². The molecule has 9 heteroatoms. The van der Waals surface area contributed by atoms with Crippen molar-refractivity contribution >= 4 is 5.82 Å². The van der Waals surface area contributed by atoms with Gasteiger partial charge in [-0.05, 0) is 6.07 Å². The Balaban J connectivity index is 0.00000162. The van der Waals surface area contributed by atoms with E-state index < -0.39 is 36.8 Å². The zero-order chi connectivity index (χ0) is 12.6. The summed E-state index contributed by atoms with van der Waals surface area (Å²) in [5.74, 6) is 0.0537. The van der Waals surface area contributed by atoms with Gasteiger partial charge in [0, 0.05) is 6.20 Å². The molecule has 2 rings (SSSR count). The summed E-state index contributed by atoms with van der Waals surface area (Å²) < 4.78 is 6.19. The second-order valence-corrected chi connectivity index (χ2v) is 3.77. The van der Waals surface area contributed by atoms with Crippen molar-refractivity contribution < 1.29 is 71.4 Å². The molecule has 18 heavy (non-hydrogen) atoms. The van der Waals surface area contributed by atoms with Crippen LogP contribution in [0.3, 0.4) is 0 Å². The van der Waals surface area contributed by atoms with Crippen molar-refractivity contribution in [2.75, 3.05) is 12.3 Å². The number of aliphatic hydroxyl groups excluding tert-OH is 3. The Morgan fingerprint density at radius 3 is 2.61 bits per heavy atom. The molecule has 1 aliphatic rings. The molecule has 0 radical (unpaired) electrons. The zero-order valence-corrected chi connectivity index (χ0v) is 12.9. The number of nitrogens with zero attached hydrogens (tertiary/aromatic N) is 2. The SMILES string of the molecule is Nc1ccn([C@@H]2O[C@H](CO)[C@@H](O)[C@H]2O)c(=O)n1.[K+]. The normalized spacial score (nSPS) is 31.1. The molecule has 0 saturated carbocycles. The fraction of sp³-hybridized carbons (Fsp3) is 0.556. The molecule has 94 valence electrons.